The maximum Gasteiger partial charge on any atom is 0.346 e. The van der Waals surface area contributed by atoms with Crippen LogP contribution in [0.1, 0.15) is 32.6 Å². The Morgan fingerprint density at radius 1 is 1.41 bits per heavy atom. The molecule has 2 aliphatic heterocycles. The van der Waals surface area contributed by atoms with Crippen LogP contribution in [-0.4, -0.2) is 41.6 Å². The maximum absolute atomic E-state index is 11.8. The van der Waals surface area contributed by atoms with Gasteiger partial charge >= 0.3 is 6.03 Å². The normalized spacial score (nSPS) is 37.7. The summed E-state index contributed by atoms with van der Waals surface area (Å²) in [6.45, 7) is 2.86. The second kappa shape index (κ2) is 3.98. The number of urea groups is 1. The van der Waals surface area contributed by atoms with Crippen LogP contribution in [0.3, 0.4) is 0 Å². The number of amides is 2. The first-order valence-corrected chi connectivity index (χ1v) is 6.45. The zero-order valence-electron chi connectivity index (χ0n) is 10.1. The van der Waals surface area contributed by atoms with Crippen molar-refractivity contribution < 1.29 is 9.53 Å². The Bertz CT molecular complexity index is 365. The number of rotatable bonds is 3. The summed E-state index contributed by atoms with van der Waals surface area (Å²) in [4.78, 5) is 17.5. The van der Waals surface area contributed by atoms with E-state index in [-0.39, 0.29) is 24.3 Å². The van der Waals surface area contributed by atoms with Crippen LogP contribution >= 0.6 is 0 Å². The smallest absolute Gasteiger partial charge is 0.346 e. The van der Waals surface area contributed by atoms with Gasteiger partial charge in [0.2, 0.25) is 0 Å². The summed E-state index contributed by atoms with van der Waals surface area (Å²) in [5.74, 6) is 1.09. The van der Waals surface area contributed by atoms with Gasteiger partial charge in [-0.1, -0.05) is 0 Å². The number of carbonyl (C=O) groups excluding carboxylic acids is 1. The van der Waals surface area contributed by atoms with E-state index in [1.165, 1.54) is 12.8 Å². The summed E-state index contributed by atoms with van der Waals surface area (Å²) in [5.41, 5.74) is 5.89. The van der Waals surface area contributed by atoms with Gasteiger partial charge in [0.25, 0.3) is 0 Å². The third-order valence-electron chi connectivity index (χ3n) is 3.88. The van der Waals surface area contributed by atoms with Crippen LogP contribution in [-0.2, 0) is 4.74 Å². The number of nitrogens with zero attached hydrogens (tertiary/aromatic N) is 2. The van der Waals surface area contributed by atoms with Crippen LogP contribution < -0.4 is 5.73 Å². The molecule has 0 aromatic heterocycles. The maximum atomic E-state index is 11.8. The fourth-order valence-corrected chi connectivity index (χ4v) is 2.75. The molecule has 1 saturated heterocycles. The number of hydrogen-bond donors (Lipinski definition) is 1. The van der Waals surface area contributed by atoms with Gasteiger partial charge in [0.05, 0.1) is 12.2 Å². The molecular formula is C12H19N3O2. The Morgan fingerprint density at radius 2 is 2.18 bits per heavy atom. The Hall–Kier alpha value is -1.10. The van der Waals surface area contributed by atoms with Crippen LogP contribution in [0.2, 0.25) is 0 Å². The Balaban J connectivity index is 1.74. The molecule has 3 atom stereocenters. The molecule has 5 heteroatoms. The second-order valence-corrected chi connectivity index (χ2v) is 5.42. The van der Waals surface area contributed by atoms with E-state index in [2.05, 4.69) is 11.9 Å². The molecule has 0 radical (unpaired) electrons. The Labute approximate surface area is 101 Å². The van der Waals surface area contributed by atoms with Gasteiger partial charge < -0.3 is 15.4 Å². The first-order valence-electron chi connectivity index (χ1n) is 6.45. The molecule has 2 N–H and O–H groups in total. The summed E-state index contributed by atoms with van der Waals surface area (Å²) in [6, 6.07) is -0.296. The van der Waals surface area contributed by atoms with Gasteiger partial charge in [0, 0.05) is 6.54 Å². The minimum absolute atomic E-state index is 0.0407. The molecule has 2 fully saturated rings. The van der Waals surface area contributed by atoms with Gasteiger partial charge in [-0.25, -0.2) is 4.79 Å². The van der Waals surface area contributed by atoms with E-state index >= 15 is 0 Å². The van der Waals surface area contributed by atoms with Crippen molar-refractivity contribution in [2.75, 3.05) is 6.54 Å². The van der Waals surface area contributed by atoms with Gasteiger partial charge in [0.1, 0.15) is 11.9 Å². The van der Waals surface area contributed by atoms with E-state index in [0.29, 0.717) is 11.8 Å². The summed E-state index contributed by atoms with van der Waals surface area (Å²) >= 11 is 0. The van der Waals surface area contributed by atoms with Gasteiger partial charge in [-0.3, -0.25) is 0 Å². The number of nitrogens with two attached hydrogens (primary N) is 1. The summed E-state index contributed by atoms with van der Waals surface area (Å²) < 4.78 is 5.84. The molecule has 1 saturated carbocycles. The lowest BCUT2D eigenvalue weighted by Gasteiger charge is -2.28. The topological polar surface area (TPSA) is 67.9 Å². The standard InChI is InChI=1S/C12H19N3O2/c1-7-2-5-9(17-7)10-11(13)14-12(16)15(10)6-8-3-4-8/h7-10H,2-6H2,1H3,(H2,13,14,16). The van der Waals surface area contributed by atoms with Gasteiger partial charge in [-0.05, 0) is 38.5 Å². The minimum Gasteiger partial charge on any atom is -0.385 e. The van der Waals surface area contributed by atoms with E-state index in [0.717, 1.165) is 19.4 Å². The van der Waals surface area contributed by atoms with Gasteiger partial charge in [-0.2, -0.15) is 4.99 Å². The average molecular weight is 237 g/mol. The second-order valence-electron chi connectivity index (χ2n) is 5.42. The van der Waals surface area contributed by atoms with Crippen molar-refractivity contribution in [1.29, 1.82) is 0 Å². The molecule has 3 rings (SSSR count). The molecular weight excluding hydrogens is 218 g/mol. The molecule has 3 aliphatic rings. The zero-order valence-corrected chi connectivity index (χ0v) is 10.1. The highest BCUT2D eigenvalue weighted by Crippen LogP contribution is 2.34. The third-order valence-corrected chi connectivity index (χ3v) is 3.88. The first-order chi connectivity index (χ1) is 8.15. The van der Waals surface area contributed by atoms with Crippen LogP contribution in [0.25, 0.3) is 0 Å². The molecule has 94 valence electrons. The number of amidine groups is 1. The fourth-order valence-electron chi connectivity index (χ4n) is 2.75. The molecule has 2 heterocycles. The molecule has 5 nitrogen and oxygen atoms in total. The molecule has 3 unspecified atom stereocenters. The molecule has 0 aromatic rings. The number of aliphatic imine (C=N–C) groups is 1. The zero-order chi connectivity index (χ0) is 12.0. The number of ether oxygens (including phenoxy) is 1. The molecule has 0 spiro atoms. The average Bonchev–Trinajstić information content (AvgIpc) is 2.92. The lowest BCUT2D eigenvalue weighted by Crippen LogP contribution is -2.49. The number of hydrogen-bond acceptors (Lipinski definition) is 3. The Morgan fingerprint density at radius 3 is 2.76 bits per heavy atom. The van der Waals surface area contributed by atoms with Crippen molar-refractivity contribution >= 4 is 11.9 Å². The monoisotopic (exact) mass is 237 g/mol. The third kappa shape index (κ3) is 2.04. The van der Waals surface area contributed by atoms with Crippen molar-refractivity contribution in [3.05, 3.63) is 0 Å². The fraction of sp³-hybridized carbons (Fsp3) is 0.833. The van der Waals surface area contributed by atoms with E-state index in [9.17, 15) is 4.79 Å². The predicted octanol–water partition coefficient (Wildman–Crippen LogP) is 1.13. The highest BCUT2D eigenvalue weighted by Gasteiger charge is 2.43. The molecule has 2 amide bonds. The number of carbonyl (C=O) groups is 1. The van der Waals surface area contributed by atoms with E-state index in [1.807, 2.05) is 4.90 Å². The van der Waals surface area contributed by atoms with Gasteiger partial charge in [-0.15, -0.1) is 0 Å². The molecule has 17 heavy (non-hydrogen) atoms. The van der Waals surface area contributed by atoms with Crippen molar-refractivity contribution in [3.8, 4) is 0 Å². The van der Waals surface area contributed by atoms with Gasteiger partial charge in [0.15, 0.2) is 0 Å². The van der Waals surface area contributed by atoms with Crippen molar-refractivity contribution in [1.82, 2.24) is 4.90 Å². The minimum atomic E-state index is -0.178. The predicted molar refractivity (Wildman–Crippen MR) is 63.8 cm³/mol. The summed E-state index contributed by atoms with van der Waals surface area (Å²) in [5, 5.41) is 0. The van der Waals surface area contributed by atoms with E-state index in [1.54, 1.807) is 0 Å². The van der Waals surface area contributed by atoms with Crippen molar-refractivity contribution in [3.63, 3.8) is 0 Å². The van der Waals surface area contributed by atoms with Crippen molar-refractivity contribution in [2.24, 2.45) is 16.6 Å². The molecule has 0 aromatic carbocycles. The molecule has 0 bridgehead atoms. The summed E-state index contributed by atoms with van der Waals surface area (Å²) in [6.07, 6.45) is 4.76. The van der Waals surface area contributed by atoms with E-state index in [4.69, 9.17) is 10.5 Å². The van der Waals surface area contributed by atoms with Crippen LogP contribution in [0.4, 0.5) is 4.79 Å². The van der Waals surface area contributed by atoms with Crippen LogP contribution in [0, 0.1) is 5.92 Å². The highest BCUT2D eigenvalue weighted by molar-refractivity contribution is 6.03. The SMILES string of the molecule is CC1CCC(C2C(N)=NC(=O)N2CC2CC2)O1. The lowest BCUT2D eigenvalue weighted by molar-refractivity contribution is 0.0254. The largest absolute Gasteiger partial charge is 0.385 e. The molecule has 1 aliphatic carbocycles. The first kappa shape index (κ1) is 11.0. The Kier molecular flexibility index (Phi) is 2.58. The van der Waals surface area contributed by atoms with Crippen LogP contribution in [0.15, 0.2) is 4.99 Å². The quantitative estimate of drug-likeness (QED) is 0.800. The van der Waals surface area contributed by atoms with E-state index < -0.39 is 0 Å². The highest BCUT2D eigenvalue weighted by atomic mass is 16.5. The summed E-state index contributed by atoms with van der Waals surface area (Å²) in [7, 11) is 0. The van der Waals surface area contributed by atoms with Crippen molar-refractivity contribution in [2.45, 2.75) is 50.9 Å². The lowest BCUT2D eigenvalue weighted by atomic mass is 10.1. The van der Waals surface area contributed by atoms with Crippen LogP contribution in [0.5, 0.6) is 0 Å².